The second kappa shape index (κ2) is 6.23. The predicted molar refractivity (Wildman–Crippen MR) is 87.2 cm³/mol. The number of hydrogen-bond acceptors (Lipinski definition) is 3. The lowest BCUT2D eigenvalue weighted by atomic mass is 9.93. The summed E-state index contributed by atoms with van der Waals surface area (Å²) < 4.78 is 29.5. The minimum absolute atomic E-state index is 0.222. The van der Waals surface area contributed by atoms with E-state index in [1.807, 2.05) is 12.1 Å². The summed E-state index contributed by atoms with van der Waals surface area (Å²) in [6.07, 6.45) is 4.87. The maximum absolute atomic E-state index is 13.8. The first-order valence-electron chi connectivity index (χ1n) is 8.17. The number of piperidine rings is 1. The van der Waals surface area contributed by atoms with E-state index in [0.717, 1.165) is 23.5 Å². The topological polar surface area (TPSA) is 50.5 Å². The van der Waals surface area contributed by atoms with Crippen molar-refractivity contribution in [3.8, 4) is 0 Å². The molecule has 1 aliphatic rings. The van der Waals surface area contributed by atoms with E-state index in [2.05, 4.69) is 10.1 Å². The third-order valence-corrected chi connectivity index (χ3v) is 4.70. The molecule has 0 aliphatic carbocycles. The van der Waals surface area contributed by atoms with Gasteiger partial charge in [0.25, 0.3) is 5.91 Å². The minimum Gasteiger partial charge on any atom is -0.338 e. The molecule has 0 N–H and O–H groups in total. The summed E-state index contributed by atoms with van der Waals surface area (Å²) in [6, 6.07) is 7.23. The van der Waals surface area contributed by atoms with Crippen LogP contribution < -0.4 is 0 Å². The van der Waals surface area contributed by atoms with Gasteiger partial charge in [-0.1, -0.05) is 6.07 Å². The summed E-state index contributed by atoms with van der Waals surface area (Å²) in [5, 5.41) is 4.29. The van der Waals surface area contributed by atoms with E-state index in [1.54, 1.807) is 16.9 Å². The molecule has 128 valence electrons. The van der Waals surface area contributed by atoms with Crippen LogP contribution in [0.25, 0.3) is 5.65 Å². The van der Waals surface area contributed by atoms with Gasteiger partial charge in [-0.25, -0.2) is 18.3 Å². The third kappa shape index (κ3) is 2.75. The van der Waals surface area contributed by atoms with Crippen molar-refractivity contribution >= 4 is 11.6 Å². The standard InChI is InChI=1S/C18H16F2N4O/c19-13-2-1-3-14(20)17(13)18(25)23-10-6-12(7-11-23)15-4-8-21-16-5-9-22-24(15)16/h1-5,8-9,12H,6-7,10-11H2. The van der Waals surface area contributed by atoms with Crippen LogP contribution in [0.3, 0.4) is 0 Å². The van der Waals surface area contributed by atoms with E-state index in [9.17, 15) is 13.6 Å². The lowest BCUT2D eigenvalue weighted by molar-refractivity contribution is 0.0701. The molecule has 2 aromatic heterocycles. The van der Waals surface area contributed by atoms with Crippen molar-refractivity contribution < 1.29 is 13.6 Å². The SMILES string of the molecule is O=C(c1c(F)cccc1F)N1CCC(c2ccnc3ccnn23)CC1. The molecule has 5 nitrogen and oxygen atoms in total. The molecule has 0 unspecified atom stereocenters. The number of halogens is 2. The number of carbonyl (C=O) groups is 1. The summed E-state index contributed by atoms with van der Waals surface area (Å²) in [5.74, 6) is -2.01. The van der Waals surface area contributed by atoms with E-state index in [1.165, 1.54) is 11.0 Å². The first-order chi connectivity index (χ1) is 12.1. The van der Waals surface area contributed by atoms with Crippen LogP contribution in [0.4, 0.5) is 8.78 Å². The summed E-state index contributed by atoms with van der Waals surface area (Å²) in [4.78, 5) is 18.2. The Bertz CT molecular complexity index is 911. The maximum Gasteiger partial charge on any atom is 0.259 e. The fourth-order valence-corrected chi connectivity index (χ4v) is 3.40. The van der Waals surface area contributed by atoms with Gasteiger partial charge in [-0.3, -0.25) is 4.79 Å². The van der Waals surface area contributed by atoms with E-state index in [0.29, 0.717) is 25.9 Å². The highest BCUT2D eigenvalue weighted by Gasteiger charge is 2.28. The van der Waals surface area contributed by atoms with Crippen LogP contribution in [0.1, 0.15) is 34.8 Å². The molecule has 0 spiro atoms. The zero-order valence-corrected chi connectivity index (χ0v) is 13.4. The van der Waals surface area contributed by atoms with Gasteiger partial charge in [-0.2, -0.15) is 5.10 Å². The number of hydrogen-bond donors (Lipinski definition) is 0. The monoisotopic (exact) mass is 342 g/mol. The van der Waals surface area contributed by atoms with Crippen LogP contribution in [-0.4, -0.2) is 38.5 Å². The number of fused-ring (bicyclic) bond motifs is 1. The zero-order chi connectivity index (χ0) is 17.4. The summed E-state index contributed by atoms with van der Waals surface area (Å²) in [6.45, 7) is 0.894. The number of amides is 1. The predicted octanol–water partition coefficient (Wildman–Crippen LogP) is 3.03. The van der Waals surface area contributed by atoms with Gasteiger partial charge in [-0.05, 0) is 31.0 Å². The lowest BCUT2D eigenvalue weighted by Gasteiger charge is -2.32. The molecule has 1 aromatic carbocycles. The molecule has 3 aromatic rings. The largest absolute Gasteiger partial charge is 0.338 e. The van der Waals surface area contributed by atoms with Crippen LogP contribution in [-0.2, 0) is 0 Å². The number of nitrogens with zero attached hydrogens (tertiary/aromatic N) is 4. The molecule has 1 saturated heterocycles. The first-order valence-corrected chi connectivity index (χ1v) is 8.17. The second-order valence-electron chi connectivity index (χ2n) is 6.13. The van der Waals surface area contributed by atoms with E-state index in [4.69, 9.17) is 0 Å². The number of benzene rings is 1. The van der Waals surface area contributed by atoms with Gasteiger partial charge < -0.3 is 4.90 Å². The van der Waals surface area contributed by atoms with Crippen LogP contribution >= 0.6 is 0 Å². The average Bonchev–Trinajstić information content (AvgIpc) is 3.10. The van der Waals surface area contributed by atoms with Gasteiger partial charge in [0.1, 0.15) is 17.2 Å². The number of aromatic nitrogens is 3. The normalized spacial score (nSPS) is 15.7. The number of carbonyl (C=O) groups excluding carboxylic acids is 1. The van der Waals surface area contributed by atoms with Gasteiger partial charge in [-0.15, -0.1) is 0 Å². The van der Waals surface area contributed by atoms with Gasteiger partial charge in [0.2, 0.25) is 0 Å². The highest BCUT2D eigenvalue weighted by Crippen LogP contribution is 2.29. The van der Waals surface area contributed by atoms with E-state index < -0.39 is 23.1 Å². The van der Waals surface area contributed by atoms with Crippen LogP contribution in [0.2, 0.25) is 0 Å². The smallest absolute Gasteiger partial charge is 0.259 e. The molecule has 3 heterocycles. The quantitative estimate of drug-likeness (QED) is 0.719. The molecule has 7 heteroatoms. The van der Waals surface area contributed by atoms with Crippen LogP contribution in [0.15, 0.2) is 42.7 Å². The summed E-state index contributed by atoms with van der Waals surface area (Å²) >= 11 is 0. The van der Waals surface area contributed by atoms with Crippen LogP contribution in [0.5, 0.6) is 0 Å². The summed E-state index contributed by atoms with van der Waals surface area (Å²) in [5.41, 5.74) is 1.35. The molecule has 0 atom stereocenters. The maximum atomic E-state index is 13.8. The summed E-state index contributed by atoms with van der Waals surface area (Å²) in [7, 11) is 0. The third-order valence-electron chi connectivity index (χ3n) is 4.70. The molecule has 1 aliphatic heterocycles. The molecule has 0 radical (unpaired) electrons. The van der Waals surface area contributed by atoms with E-state index in [-0.39, 0.29) is 5.92 Å². The molecular formula is C18H16F2N4O. The van der Waals surface area contributed by atoms with Crippen LogP contribution in [0, 0.1) is 11.6 Å². The Morgan fingerprint density at radius 1 is 1.04 bits per heavy atom. The Hall–Kier alpha value is -2.83. The first kappa shape index (κ1) is 15.7. The molecule has 25 heavy (non-hydrogen) atoms. The van der Waals surface area contributed by atoms with Gasteiger partial charge in [0, 0.05) is 37.0 Å². The Morgan fingerprint density at radius 2 is 1.76 bits per heavy atom. The molecule has 0 saturated carbocycles. The highest BCUT2D eigenvalue weighted by atomic mass is 19.1. The Kier molecular flexibility index (Phi) is 3.91. The molecule has 0 bridgehead atoms. The number of rotatable bonds is 2. The highest BCUT2D eigenvalue weighted by molar-refractivity contribution is 5.94. The number of likely N-dealkylation sites (tertiary alicyclic amines) is 1. The molecule has 1 amide bonds. The molecule has 1 fully saturated rings. The van der Waals surface area contributed by atoms with Crippen molar-refractivity contribution in [1.82, 2.24) is 19.5 Å². The van der Waals surface area contributed by atoms with Crippen molar-refractivity contribution in [2.75, 3.05) is 13.1 Å². The van der Waals surface area contributed by atoms with E-state index >= 15 is 0 Å². The fraction of sp³-hybridized carbons (Fsp3) is 0.278. The van der Waals surface area contributed by atoms with Crippen molar-refractivity contribution in [2.24, 2.45) is 0 Å². The van der Waals surface area contributed by atoms with Gasteiger partial charge in [0.05, 0.1) is 6.20 Å². The lowest BCUT2D eigenvalue weighted by Crippen LogP contribution is -2.39. The zero-order valence-electron chi connectivity index (χ0n) is 13.4. The van der Waals surface area contributed by atoms with Crippen molar-refractivity contribution in [3.63, 3.8) is 0 Å². The van der Waals surface area contributed by atoms with Crippen molar-refractivity contribution in [3.05, 3.63) is 65.6 Å². The minimum atomic E-state index is -0.820. The van der Waals surface area contributed by atoms with Gasteiger partial charge in [0.15, 0.2) is 5.65 Å². The average molecular weight is 342 g/mol. The van der Waals surface area contributed by atoms with Crippen molar-refractivity contribution in [1.29, 1.82) is 0 Å². The Morgan fingerprint density at radius 3 is 2.48 bits per heavy atom. The molecular weight excluding hydrogens is 326 g/mol. The molecule has 4 rings (SSSR count). The van der Waals surface area contributed by atoms with Gasteiger partial charge >= 0.3 is 0 Å². The fourth-order valence-electron chi connectivity index (χ4n) is 3.40. The Labute approximate surface area is 142 Å². The van der Waals surface area contributed by atoms with Crippen molar-refractivity contribution in [2.45, 2.75) is 18.8 Å². The Balaban J connectivity index is 1.52. The second-order valence-corrected chi connectivity index (χ2v) is 6.13.